The van der Waals surface area contributed by atoms with E-state index in [0.717, 1.165) is 9.87 Å². The minimum Gasteiger partial charge on any atom is -0.350 e. The standard InChI is InChI=1S/C29H34ClN3O4S/c1-21-15-17-24(18-16-21)33(38(36,37)25-12-7-6-8-13-25)20-27(34)32(19-23-11-9-10-14-26(23)30)22(2)28(35)31-29(3,4)5/h6-18,22H,19-20H2,1-5H3,(H,31,35)/t22-/m1/s1. The second kappa shape index (κ2) is 12.0. The first-order chi connectivity index (χ1) is 17.8. The van der Waals surface area contributed by atoms with Crippen molar-refractivity contribution in [1.82, 2.24) is 10.2 Å². The molecule has 0 bridgehead atoms. The number of amides is 2. The van der Waals surface area contributed by atoms with Gasteiger partial charge in [-0.2, -0.15) is 0 Å². The highest BCUT2D eigenvalue weighted by atomic mass is 35.5. The molecule has 0 spiro atoms. The summed E-state index contributed by atoms with van der Waals surface area (Å²) in [7, 11) is -4.09. The normalized spacial score (nSPS) is 12.5. The predicted octanol–water partition coefficient (Wildman–Crippen LogP) is 5.18. The van der Waals surface area contributed by atoms with Crippen LogP contribution in [0.4, 0.5) is 5.69 Å². The molecule has 1 atom stereocenters. The number of sulfonamides is 1. The van der Waals surface area contributed by atoms with Crippen LogP contribution in [-0.4, -0.2) is 43.3 Å². The van der Waals surface area contributed by atoms with E-state index in [1.807, 2.05) is 27.7 Å². The Labute approximate surface area is 230 Å². The molecule has 3 rings (SSSR count). The summed E-state index contributed by atoms with van der Waals surface area (Å²) < 4.78 is 28.6. The lowest BCUT2D eigenvalue weighted by molar-refractivity contribution is -0.140. The van der Waals surface area contributed by atoms with Crippen LogP contribution in [-0.2, 0) is 26.2 Å². The summed E-state index contributed by atoms with van der Waals surface area (Å²) in [6.45, 7) is 8.60. The highest BCUT2D eigenvalue weighted by Crippen LogP contribution is 2.25. The van der Waals surface area contributed by atoms with E-state index in [2.05, 4.69) is 5.32 Å². The van der Waals surface area contributed by atoms with Crippen molar-refractivity contribution >= 4 is 39.1 Å². The maximum absolute atomic E-state index is 13.9. The van der Waals surface area contributed by atoms with Gasteiger partial charge in [0.15, 0.2) is 0 Å². The first kappa shape index (κ1) is 29.2. The Kier molecular flexibility index (Phi) is 9.22. The molecule has 0 aliphatic carbocycles. The second-order valence-corrected chi connectivity index (χ2v) is 12.5. The molecule has 9 heteroatoms. The quantitative estimate of drug-likeness (QED) is 0.394. The number of anilines is 1. The number of halogens is 1. The maximum Gasteiger partial charge on any atom is 0.264 e. The fourth-order valence-corrected chi connectivity index (χ4v) is 5.46. The van der Waals surface area contributed by atoms with Gasteiger partial charge >= 0.3 is 0 Å². The molecule has 202 valence electrons. The largest absolute Gasteiger partial charge is 0.350 e. The lowest BCUT2D eigenvalue weighted by atomic mass is 10.1. The summed E-state index contributed by atoms with van der Waals surface area (Å²) in [5, 5.41) is 3.35. The van der Waals surface area contributed by atoms with Gasteiger partial charge in [-0.25, -0.2) is 8.42 Å². The van der Waals surface area contributed by atoms with E-state index in [1.165, 1.54) is 17.0 Å². The Bertz CT molecular complexity index is 1370. The topological polar surface area (TPSA) is 86.8 Å². The van der Waals surface area contributed by atoms with E-state index in [4.69, 9.17) is 11.6 Å². The molecule has 0 saturated heterocycles. The third kappa shape index (κ3) is 7.36. The molecule has 1 N–H and O–H groups in total. The number of benzene rings is 3. The Morgan fingerprint density at radius 2 is 1.50 bits per heavy atom. The van der Waals surface area contributed by atoms with Crippen LogP contribution < -0.4 is 9.62 Å². The highest BCUT2D eigenvalue weighted by molar-refractivity contribution is 7.92. The molecule has 0 radical (unpaired) electrons. The lowest BCUT2D eigenvalue weighted by Gasteiger charge is -2.33. The molecule has 3 aromatic carbocycles. The van der Waals surface area contributed by atoms with Crippen LogP contribution in [0.5, 0.6) is 0 Å². The summed E-state index contributed by atoms with van der Waals surface area (Å²) in [6, 6.07) is 21.0. The van der Waals surface area contributed by atoms with Gasteiger partial charge in [0.1, 0.15) is 12.6 Å². The molecule has 3 aromatic rings. The molecule has 38 heavy (non-hydrogen) atoms. The smallest absolute Gasteiger partial charge is 0.264 e. The van der Waals surface area contributed by atoms with Crippen molar-refractivity contribution in [1.29, 1.82) is 0 Å². The maximum atomic E-state index is 13.9. The van der Waals surface area contributed by atoms with Gasteiger partial charge < -0.3 is 10.2 Å². The highest BCUT2D eigenvalue weighted by Gasteiger charge is 2.33. The number of hydrogen-bond donors (Lipinski definition) is 1. The third-order valence-electron chi connectivity index (χ3n) is 5.90. The zero-order valence-corrected chi connectivity index (χ0v) is 23.9. The summed E-state index contributed by atoms with van der Waals surface area (Å²) in [5.74, 6) is -0.896. The van der Waals surface area contributed by atoms with E-state index in [9.17, 15) is 18.0 Å². The van der Waals surface area contributed by atoms with Crippen molar-refractivity contribution in [3.8, 4) is 0 Å². The van der Waals surface area contributed by atoms with Crippen molar-refractivity contribution < 1.29 is 18.0 Å². The summed E-state index contributed by atoms with van der Waals surface area (Å²) >= 11 is 6.39. The van der Waals surface area contributed by atoms with Crippen LogP contribution in [0.1, 0.15) is 38.8 Å². The molecular weight excluding hydrogens is 522 g/mol. The first-order valence-electron chi connectivity index (χ1n) is 12.3. The van der Waals surface area contributed by atoms with E-state index in [1.54, 1.807) is 73.7 Å². The molecule has 0 aliphatic rings. The average Bonchev–Trinajstić information content (AvgIpc) is 2.86. The third-order valence-corrected chi connectivity index (χ3v) is 8.05. The van der Waals surface area contributed by atoms with Gasteiger partial charge in [0.05, 0.1) is 10.6 Å². The van der Waals surface area contributed by atoms with Crippen molar-refractivity contribution in [3.05, 3.63) is 95.0 Å². The van der Waals surface area contributed by atoms with Gasteiger partial charge in [-0.3, -0.25) is 13.9 Å². The molecule has 7 nitrogen and oxygen atoms in total. The number of carbonyl (C=O) groups excluding carboxylic acids is 2. The zero-order chi connectivity index (χ0) is 28.1. The summed E-state index contributed by atoms with van der Waals surface area (Å²) in [6.07, 6.45) is 0. The summed E-state index contributed by atoms with van der Waals surface area (Å²) in [5.41, 5.74) is 1.42. The fraction of sp³-hybridized carbons (Fsp3) is 0.310. The molecule has 0 aromatic heterocycles. The van der Waals surface area contributed by atoms with Gasteiger partial charge in [-0.15, -0.1) is 0 Å². The van der Waals surface area contributed by atoms with Crippen molar-refractivity contribution in [3.63, 3.8) is 0 Å². The lowest BCUT2D eigenvalue weighted by Crippen LogP contribution is -2.54. The molecular formula is C29H34ClN3O4S. The first-order valence-corrected chi connectivity index (χ1v) is 14.1. The molecule has 0 heterocycles. The molecule has 0 saturated carbocycles. The second-order valence-electron chi connectivity index (χ2n) is 10.2. The Hall–Kier alpha value is -3.36. The number of rotatable bonds is 9. The zero-order valence-electron chi connectivity index (χ0n) is 22.3. The van der Waals surface area contributed by atoms with E-state index < -0.39 is 34.1 Å². The van der Waals surface area contributed by atoms with Crippen LogP contribution in [0, 0.1) is 6.92 Å². The number of carbonyl (C=O) groups is 2. The molecule has 0 aliphatic heterocycles. The van der Waals surface area contributed by atoms with E-state index in [-0.39, 0.29) is 17.3 Å². The van der Waals surface area contributed by atoms with Crippen LogP contribution >= 0.6 is 11.6 Å². The minimum absolute atomic E-state index is 0.0321. The Morgan fingerprint density at radius 1 is 0.921 bits per heavy atom. The predicted molar refractivity (Wildman–Crippen MR) is 152 cm³/mol. The number of nitrogens with one attached hydrogen (secondary N) is 1. The van der Waals surface area contributed by atoms with Gasteiger partial charge in [0.25, 0.3) is 10.0 Å². The van der Waals surface area contributed by atoms with Crippen LogP contribution in [0.2, 0.25) is 5.02 Å². The molecule has 2 amide bonds. The number of aryl methyl sites for hydroxylation is 1. The van der Waals surface area contributed by atoms with Crippen molar-refractivity contribution in [2.75, 3.05) is 10.8 Å². The van der Waals surface area contributed by atoms with Crippen LogP contribution in [0.25, 0.3) is 0 Å². The van der Waals surface area contributed by atoms with Crippen LogP contribution in [0.3, 0.4) is 0 Å². The Morgan fingerprint density at radius 3 is 2.08 bits per heavy atom. The van der Waals surface area contributed by atoms with Gasteiger partial charge in [0, 0.05) is 17.1 Å². The van der Waals surface area contributed by atoms with Crippen LogP contribution in [0.15, 0.2) is 83.8 Å². The SMILES string of the molecule is Cc1ccc(N(CC(=O)N(Cc2ccccc2Cl)[C@H](C)C(=O)NC(C)(C)C)S(=O)(=O)c2ccccc2)cc1. The average molecular weight is 556 g/mol. The van der Waals surface area contributed by atoms with Gasteiger partial charge in [-0.05, 0) is 70.5 Å². The summed E-state index contributed by atoms with van der Waals surface area (Å²) in [4.78, 5) is 28.4. The van der Waals surface area contributed by atoms with Gasteiger partial charge in [0.2, 0.25) is 11.8 Å². The van der Waals surface area contributed by atoms with E-state index in [0.29, 0.717) is 16.3 Å². The monoisotopic (exact) mass is 555 g/mol. The van der Waals surface area contributed by atoms with Crippen molar-refractivity contribution in [2.45, 2.75) is 57.6 Å². The van der Waals surface area contributed by atoms with Crippen molar-refractivity contribution in [2.24, 2.45) is 0 Å². The number of nitrogens with zero attached hydrogens (tertiary/aromatic N) is 2. The Balaban J connectivity index is 2.03. The van der Waals surface area contributed by atoms with E-state index >= 15 is 0 Å². The molecule has 0 fully saturated rings. The minimum atomic E-state index is -4.09. The molecule has 0 unspecified atom stereocenters. The number of hydrogen-bond acceptors (Lipinski definition) is 4. The fourth-order valence-electron chi connectivity index (χ4n) is 3.83. The van der Waals surface area contributed by atoms with Gasteiger partial charge in [-0.1, -0.05) is 65.7 Å².